The molecule has 0 atom stereocenters. The van der Waals surface area contributed by atoms with Gasteiger partial charge in [-0.1, -0.05) is 46.9 Å². The van der Waals surface area contributed by atoms with Crippen molar-refractivity contribution in [2.75, 3.05) is 20.6 Å². The van der Waals surface area contributed by atoms with Crippen LogP contribution in [0, 0.1) is 0 Å². The molecule has 0 amide bonds. The quantitative estimate of drug-likeness (QED) is 0.395. The first-order chi connectivity index (χ1) is 15.7. The van der Waals surface area contributed by atoms with Crippen molar-refractivity contribution in [3.63, 3.8) is 0 Å². The van der Waals surface area contributed by atoms with E-state index in [1.807, 2.05) is 19.0 Å². The normalized spacial score (nSPS) is 11.5. The Kier molecular flexibility index (Phi) is 6.50. The third kappa shape index (κ3) is 4.50. The molecule has 7 nitrogen and oxygen atoms in total. The van der Waals surface area contributed by atoms with Crippen LogP contribution in [0.4, 0.5) is 0 Å². The van der Waals surface area contributed by atoms with E-state index in [0.29, 0.717) is 44.0 Å². The molecule has 0 aliphatic heterocycles. The summed E-state index contributed by atoms with van der Waals surface area (Å²) < 4.78 is 2.99. The van der Waals surface area contributed by atoms with E-state index in [1.54, 1.807) is 47.1 Å². The molecule has 33 heavy (non-hydrogen) atoms. The van der Waals surface area contributed by atoms with Gasteiger partial charge in [0.25, 0.3) is 5.56 Å². The number of rotatable bonds is 6. The zero-order valence-corrected chi connectivity index (χ0v) is 20.0. The molecule has 2 aromatic carbocycles. The summed E-state index contributed by atoms with van der Waals surface area (Å²) in [4.78, 5) is 26.9. The monoisotopic (exact) mass is 504 g/mol. The summed E-state index contributed by atoms with van der Waals surface area (Å²) in [6.45, 7) is 0.776. The van der Waals surface area contributed by atoms with E-state index in [4.69, 9.17) is 39.9 Å². The summed E-state index contributed by atoms with van der Waals surface area (Å²) in [5.41, 5.74) is 1.23. The number of benzene rings is 2. The molecular formula is C23H19Cl3N4O3. The fourth-order valence-corrected chi connectivity index (χ4v) is 4.19. The number of aromatic carboxylic acids is 1. The smallest absolute Gasteiger partial charge is 0.341 e. The summed E-state index contributed by atoms with van der Waals surface area (Å²) in [7, 11) is 3.74. The van der Waals surface area contributed by atoms with Crippen LogP contribution in [0.1, 0.15) is 10.4 Å². The maximum absolute atomic E-state index is 13.0. The molecule has 170 valence electrons. The predicted molar refractivity (Wildman–Crippen MR) is 131 cm³/mol. The molecule has 0 unspecified atom stereocenters. The van der Waals surface area contributed by atoms with E-state index in [0.717, 1.165) is 5.56 Å². The first kappa shape index (κ1) is 23.3. The summed E-state index contributed by atoms with van der Waals surface area (Å²) in [5, 5.41) is 16.3. The molecule has 0 radical (unpaired) electrons. The van der Waals surface area contributed by atoms with E-state index in [-0.39, 0.29) is 12.1 Å². The van der Waals surface area contributed by atoms with Crippen LogP contribution in [-0.2, 0) is 6.54 Å². The molecule has 1 N–H and O–H groups in total. The molecule has 0 bridgehead atoms. The van der Waals surface area contributed by atoms with Crippen molar-refractivity contribution in [2.24, 2.45) is 0 Å². The van der Waals surface area contributed by atoms with Gasteiger partial charge in [0.15, 0.2) is 5.65 Å². The zero-order valence-electron chi connectivity index (χ0n) is 17.7. The second-order valence-corrected chi connectivity index (χ2v) is 9.00. The summed E-state index contributed by atoms with van der Waals surface area (Å²) in [5.74, 6) is -1.31. The molecule has 0 spiro atoms. The van der Waals surface area contributed by atoms with Crippen LogP contribution in [0.2, 0.25) is 15.1 Å². The van der Waals surface area contributed by atoms with Crippen molar-refractivity contribution in [3.8, 4) is 16.9 Å². The first-order valence-corrected chi connectivity index (χ1v) is 11.1. The average Bonchev–Trinajstić information content (AvgIpc) is 3.11. The van der Waals surface area contributed by atoms with Crippen LogP contribution in [0.5, 0.6) is 0 Å². The van der Waals surface area contributed by atoms with Crippen LogP contribution < -0.4 is 5.56 Å². The van der Waals surface area contributed by atoms with Gasteiger partial charge in [-0.15, -0.1) is 5.10 Å². The highest BCUT2D eigenvalue weighted by atomic mass is 35.5. The van der Waals surface area contributed by atoms with Crippen LogP contribution in [0.3, 0.4) is 0 Å². The average molecular weight is 506 g/mol. The highest BCUT2D eigenvalue weighted by Crippen LogP contribution is 2.34. The Morgan fingerprint density at radius 1 is 1.03 bits per heavy atom. The number of pyridine rings is 1. The second-order valence-electron chi connectivity index (χ2n) is 7.72. The Labute approximate surface area is 204 Å². The van der Waals surface area contributed by atoms with Gasteiger partial charge in [0.2, 0.25) is 0 Å². The molecule has 2 aromatic heterocycles. The summed E-state index contributed by atoms with van der Waals surface area (Å²) in [6, 6.07) is 13.4. The maximum Gasteiger partial charge on any atom is 0.341 e. The number of carbonyl (C=O) groups is 1. The zero-order chi connectivity index (χ0) is 23.9. The van der Waals surface area contributed by atoms with Gasteiger partial charge < -0.3 is 10.0 Å². The van der Waals surface area contributed by atoms with Crippen LogP contribution in [0.15, 0.2) is 53.3 Å². The molecule has 10 heteroatoms. The minimum atomic E-state index is -1.31. The van der Waals surface area contributed by atoms with E-state index in [9.17, 15) is 14.7 Å². The van der Waals surface area contributed by atoms with Gasteiger partial charge in [0.1, 0.15) is 5.56 Å². The third-order valence-corrected chi connectivity index (χ3v) is 5.97. The first-order valence-electron chi connectivity index (χ1n) is 9.93. The lowest BCUT2D eigenvalue weighted by molar-refractivity contribution is 0.0694. The highest BCUT2D eigenvalue weighted by Gasteiger charge is 2.23. The van der Waals surface area contributed by atoms with Gasteiger partial charge in [-0.05, 0) is 50.5 Å². The minimum absolute atomic E-state index is 0.259. The van der Waals surface area contributed by atoms with E-state index in [1.165, 1.54) is 10.6 Å². The molecule has 2 heterocycles. The van der Waals surface area contributed by atoms with Crippen molar-refractivity contribution in [3.05, 3.63) is 79.5 Å². The maximum atomic E-state index is 13.0. The SMILES string of the molecule is CN(C)CCn1c(=O)c(C(=O)O)cc2c(-c3ccc(Cl)cc3)n(-c3ccc(Cl)cc3Cl)nc21. The Morgan fingerprint density at radius 3 is 2.30 bits per heavy atom. The second kappa shape index (κ2) is 9.19. The minimum Gasteiger partial charge on any atom is -0.477 e. The largest absolute Gasteiger partial charge is 0.477 e. The van der Waals surface area contributed by atoms with Crippen molar-refractivity contribution >= 4 is 51.8 Å². The molecule has 0 aliphatic rings. The number of hydrogen-bond donors (Lipinski definition) is 1. The van der Waals surface area contributed by atoms with E-state index in [2.05, 4.69) is 0 Å². The van der Waals surface area contributed by atoms with Gasteiger partial charge in [-0.25, -0.2) is 9.48 Å². The van der Waals surface area contributed by atoms with Crippen molar-refractivity contribution in [2.45, 2.75) is 6.54 Å². The van der Waals surface area contributed by atoms with Crippen molar-refractivity contribution in [1.82, 2.24) is 19.2 Å². The fourth-order valence-electron chi connectivity index (χ4n) is 3.57. The molecule has 0 saturated carbocycles. The Balaban J connectivity index is 2.13. The lowest BCUT2D eigenvalue weighted by Gasteiger charge is -2.12. The fraction of sp³-hybridized carbons (Fsp3) is 0.174. The molecule has 0 saturated heterocycles. The molecule has 4 aromatic rings. The van der Waals surface area contributed by atoms with Gasteiger partial charge in [-0.3, -0.25) is 9.36 Å². The van der Waals surface area contributed by atoms with E-state index < -0.39 is 11.5 Å². The van der Waals surface area contributed by atoms with Crippen molar-refractivity contribution in [1.29, 1.82) is 0 Å². The standard InChI is InChI=1S/C23H19Cl3N4O3/c1-28(2)9-10-29-21-16(12-17(22(29)31)23(32)33)20(13-3-5-14(24)6-4-13)30(27-21)19-8-7-15(25)11-18(19)26/h3-8,11-12H,9-10H2,1-2H3,(H,32,33). The number of aromatic nitrogens is 3. The Hall–Kier alpha value is -2.84. The van der Waals surface area contributed by atoms with Crippen molar-refractivity contribution < 1.29 is 9.90 Å². The van der Waals surface area contributed by atoms with Crippen LogP contribution in [-0.4, -0.2) is 51.0 Å². The number of likely N-dealkylation sites (N-methyl/N-ethyl adjacent to an activating group) is 1. The van der Waals surface area contributed by atoms with Crippen LogP contribution in [0.25, 0.3) is 28.0 Å². The summed E-state index contributed by atoms with van der Waals surface area (Å²) >= 11 is 18.7. The summed E-state index contributed by atoms with van der Waals surface area (Å²) in [6.07, 6.45) is 0. The highest BCUT2D eigenvalue weighted by molar-refractivity contribution is 6.35. The Bertz CT molecular complexity index is 1430. The van der Waals surface area contributed by atoms with E-state index >= 15 is 0 Å². The molecule has 0 aliphatic carbocycles. The van der Waals surface area contributed by atoms with Gasteiger partial charge >= 0.3 is 5.97 Å². The van der Waals surface area contributed by atoms with Gasteiger partial charge in [-0.2, -0.15) is 0 Å². The number of halogens is 3. The topological polar surface area (TPSA) is 80.4 Å². The van der Waals surface area contributed by atoms with Gasteiger partial charge in [0, 0.05) is 34.1 Å². The van der Waals surface area contributed by atoms with Gasteiger partial charge in [0.05, 0.1) is 16.4 Å². The number of carboxylic acids is 1. The van der Waals surface area contributed by atoms with Crippen LogP contribution >= 0.6 is 34.8 Å². The predicted octanol–water partition coefficient (Wildman–Crippen LogP) is 5.07. The third-order valence-electron chi connectivity index (χ3n) is 5.18. The molecule has 0 fully saturated rings. The lowest BCUT2D eigenvalue weighted by atomic mass is 10.1. The number of carboxylic acid groups (broad SMARTS) is 1. The number of nitrogens with zero attached hydrogens (tertiary/aromatic N) is 4. The Morgan fingerprint density at radius 2 is 1.70 bits per heavy atom. The molecular weight excluding hydrogens is 487 g/mol. The number of fused-ring (bicyclic) bond motifs is 1. The lowest BCUT2D eigenvalue weighted by Crippen LogP contribution is -2.30. The molecule has 4 rings (SSSR count). The number of hydrogen-bond acceptors (Lipinski definition) is 4.